The standard InChI is InChI=1S/C14H24N2O3S2/c1-7-19-13(17)10-8-15-12(20-10)11(9(2)3)16-21(18)14(4,5)6/h8-9,11,16H,7H2,1-6H3/t11-,21?/m0/s1. The lowest BCUT2D eigenvalue weighted by atomic mass is 10.1. The van der Waals surface area contributed by atoms with Crippen LogP contribution in [-0.4, -0.2) is 26.5 Å². The smallest absolute Gasteiger partial charge is 0.349 e. The first kappa shape index (κ1) is 18.3. The molecule has 1 aromatic rings. The van der Waals surface area contributed by atoms with Crippen molar-refractivity contribution in [2.75, 3.05) is 6.61 Å². The van der Waals surface area contributed by atoms with Crippen LogP contribution in [0.15, 0.2) is 6.20 Å². The second kappa shape index (κ2) is 7.47. The molecule has 5 nitrogen and oxygen atoms in total. The number of nitrogens with one attached hydrogen (secondary N) is 1. The molecule has 1 heterocycles. The van der Waals surface area contributed by atoms with E-state index in [0.29, 0.717) is 11.5 Å². The molecule has 0 aromatic carbocycles. The van der Waals surface area contributed by atoms with E-state index in [1.807, 2.05) is 34.6 Å². The van der Waals surface area contributed by atoms with Crippen molar-refractivity contribution in [2.45, 2.75) is 52.3 Å². The first-order valence-corrected chi connectivity index (χ1v) is 8.94. The van der Waals surface area contributed by atoms with Crippen molar-refractivity contribution >= 4 is 28.3 Å². The van der Waals surface area contributed by atoms with Gasteiger partial charge in [0.2, 0.25) is 0 Å². The Morgan fingerprint density at radius 2 is 2.10 bits per heavy atom. The molecule has 0 aliphatic carbocycles. The van der Waals surface area contributed by atoms with E-state index in [-0.39, 0.29) is 22.7 Å². The largest absolute Gasteiger partial charge is 0.462 e. The van der Waals surface area contributed by atoms with E-state index in [9.17, 15) is 9.00 Å². The molecule has 1 rings (SSSR count). The fourth-order valence-electron chi connectivity index (χ4n) is 1.49. The molecule has 1 aromatic heterocycles. The minimum Gasteiger partial charge on any atom is -0.462 e. The zero-order chi connectivity index (χ0) is 16.2. The van der Waals surface area contributed by atoms with Crippen molar-refractivity contribution in [3.8, 4) is 0 Å². The Morgan fingerprint density at radius 3 is 2.57 bits per heavy atom. The maximum absolute atomic E-state index is 12.3. The molecule has 0 radical (unpaired) electrons. The monoisotopic (exact) mass is 332 g/mol. The van der Waals surface area contributed by atoms with Gasteiger partial charge in [-0.3, -0.25) is 0 Å². The summed E-state index contributed by atoms with van der Waals surface area (Å²) in [7, 11) is -1.19. The van der Waals surface area contributed by atoms with Crippen LogP contribution in [0, 0.1) is 5.92 Å². The number of hydrogen-bond donors (Lipinski definition) is 1. The number of hydrogen-bond acceptors (Lipinski definition) is 5. The van der Waals surface area contributed by atoms with Crippen LogP contribution in [0.25, 0.3) is 0 Å². The summed E-state index contributed by atoms with van der Waals surface area (Å²) in [6.45, 7) is 11.9. The lowest BCUT2D eigenvalue weighted by Crippen LogP contribution is -2.37. The van der Waals surface area contributed by atoms with E-state index >= 15 is 0 Å². The van der Waals surface area contributed by atoms with Crippen LogP contribution in [0.1, 0.15) is 62.3 Å². The van der Waals surface area contributed by atoms with Crippen molar-refractivity contribution in [3.05, 3.63) is 16.1 Å². The highest BCUT2D eigenvalue weighted by Crippen LogP contribution is 2.28. The summed E-state index contributed by atoms with van der Waals surface area (Å²) in [6, 6.07) is -0.154. The van der Waals surface area contributed by atoms with Gasteiger partial charge < -0.3 is 4.74 Å². The Kier molecular flexibility index (Phi) is 6.49. The maximum Gasteiger partial charge on any atom is 0.349 e. The highest BCUT2D eigenvalue weighted by atomic mass is 32.2. The first-order valence-electron chi connectivity index (χ1n) is 6.97. The number of carbonyl (C=O) groups excluding carboxylic acids is 1. The van der Waals surface area contributed by atoms with E-state index in [2.05, 4.69) is 9.71 Å². The third-order valence-corrected chi connectivity index (χ3v) is 5.36. The third-order valence-electron chi connectivity index (χ3n) is 2.72. The van der Waals surface area contributed by atoms with Crippen LogP contribution < -0.4 is 4.72 Å². The average molecular weight is 332 g/mol. The van der Waals surface area contributed by atoms with Gasteiger partial charge >= 0.3 is 5.97 Å². The highest BCUT2D eigenvalue weighted by molar-refractivity contribution is 7.84. The highest BCUT2D eigenvalue weighted by Gasteiger charge is 2.27. The maximum atomic E-state index is 12.3. The van der Waals surface area contributed by atoms with Crippen LogP contribution in [-0.2, 0) is 15.7 Å². The van der Waals surface area contributed by atoms with E-state index in [1.54, 1.807) is 6.92 Å². The van der Waals surface area contributed by atoms with Crippen LogP contribution in [0.5, 0.6) is 0 Å². The number of nitrogens with zero attached hydrogens (tertiary/aromatic N) is 1. The SMILES string of the molecule is CCOC(=O)c1cnc([C@@H](NS(=O)C(C)(C)C)C(C)C)s1. The molecule has 0 aliphatic rings. The molecule has 1 N–H and O–H groups in total. The summed E-state index contributed by atoms with van der Waals surface area (Å²) in [5.74, 6) is -0.154. The molecule has 0 aliphatic heterocycles. The number of aromatic nitrogens is 1. The molecular formula is C14H24N2O3S2. The van der Waals surface area contributed by atoms with Gasteiger partial charge in [0, 0.05) is 0 Å². The summed E-state index contributed by atoms with van der Waals surface area (Å²) in [6.07, 6.45) is 1.52. The third kappa shape index (κ3) is 5.16. The van der Waals surface area contributed by atoms with Gasteiger partial charge in [0.1, 0.15) is 9.88 Å². The van der Waals surface area contributed by atoms with Crippen molar-refractivity contribution in [1.29, 1.82) is 0 Å². The van der Waals surface area contributed by atoms with E-state index in [1.165, 1.54) is 17.5 Å². The molecule has 21 heavy (non-hydrogen) atoms. The minimum absolute atomic E-state index is 0.154. The molecule has 1 unspecified atom stereocenters. The first-order chi connectivity index (χ1) is 9.66. The summed E-state index contributed by atoms with van der Waals surface area (Å²) < 4.78 is 20.0. The number of thiazole rings is 1. The van der Waals surface area contributed by atoms with Crippen LogP contribution in [0.3, 0.4) is 0 Å². The number of rotatable bonds is 6. The topological polar surface area (TPSA) is 68.3 Å². The summed E-state index contributed by atoms with van der Waals surface area (Å²) in [4.78, 5) is 16.5. The predicted octanol–water partition coefficient (Wildman–Crippen LogP) is 3.07. The van der Waals surface area contributed by atoms with Gasteiger partial charge in [-0.15, -0.1) is 11.3 Å². The molecule has 0 saturated heterocycles. The van der Waals surface area contributed by atoms with Gasteiger partial charge in [-0.05, 0) is 33.6 Å². The lowest BCUT2D eigenvalue weighted by molar-refractivity contribution is 0.0532. The summed E-state index contributed by atoms with van der Waals surface area (Å²) in [5, 5.41) is 0.755. The normalized spacial score (nSPS) is 15.0. The molecular weight excluding hydrogens is 308 g/mol. The van der Waals surface area contributed by atoms with Crippen LogP contribution >= 0.6 is 11.3 Å². The summed E-state index contributed by atoms with van der Waals surface area (Å²) in [5.41, 5.74) is 0. The average Bonchev–Trinajstić information content (AvgIpc) is 2.83. The second-order valence-electron chi connectivity index (χ2n) is 6.00. The second-order valence-corrected chi connectivity index (χ2v) is 9.06. The molecule has 0 saturated carbocycles. The van der Waals surface area contributed by atoms with E-state index < -0.39 is 11.0 Å². The fourth-order valence-corrected chi connectivity index (χ4v) is 3.57. The number of ether oxygens (including phenoxy) is 1. The molecule has 2 atom stereocenters. The minimum atomic E-state index is -1.19. The van der Waals surface area contributed by atoms with Crippen molar-refractivity contribution in [2.24, 2.45) is 5.92 Å². The van der Waals surface area contributed by atoms with Gasteiger partial charge in [-0.25, -0.2) is 18.7 Å². The van der Waals surface area contributed by atoms with Gasteiger partial charge in [-0.2, -0.15) is 0 Å². The molecule has 120 valence electrons. The number of esters is 1. The quantitative estimate of drug-likeness (QED) is 0.813. The van der Waals surface area contributed by atoms with Crippen LogP contribution in [0.2, 0.25) is 0 Å². The zero-order valence-corrected chi connectivity index (χ0v) is 15.1. The van der Waals surface area contributed by atoms with Gasteiger partial charge in [0.05, 0.1) is 34.6 Å². The van der Waals surface area contributed by atoms with Gasteiger partial charge in [0.15, 0.2) is 0 Å². The molecule has 7 heteroatoms. The Bertz CT molecular complexity index is 507. The summed E-state index contributed by atoms with van der Waals surface area (Å²) >= 11 is 1.29. The predicted molar refractivity (Wildman–Crippen MR) is 86.7 cm³/mol. The van der Waals surface area contributed by atoms with Crippen molar-refractivity contribution < 1.29 is 13.7 Å². The Morgan fingerprint density at radius 1 is 1.48 bits per heavy atom. The van der Waals surface area contributed by atoms with Crippen molar-refractivity contribution in [3.63, 3.8) is 0 Å². The molecule has 0 spiro atoms. The lowest BCUT2D eigenvalue weighted by Gasteiger charge is -2.25. The fraction of sp³-hybridized carbons (Fsp3) is 0.714. The molecule has 0 fully saturated rings. The Balaban J connectivity index is 2.92. The van der Waals surface area contributed by atoms with E-state index in [0.717, 1.165) is 5.01 Å². The Hall–Kier alpha value is -0.790. The van der Waals surface area contributed by atoms with Gasteiger partial charge in [-0.1, -0.05) is 13.8 Å². The Labute approximate surface area is 133 Å². The van der Waals surface area contributed by atoms with Crippen molar-refractivity contribution in [1.82, 2.24) is 9.71 Å². The van der Waals surface area contributed by atoms with E-state index in [4.69, 9.17) is 4.74 Å². The zero-order valence-electron chi connectivity index (χ0n) is 13.4. The number of carbonyl (C=O) groups is 1. The molecule has 0 amide bonds. The molecule has 0 bridgehead atoms. The van der Waals surface area contributed by atoms with Gasteiger partial charge in [0.25, 0.3) is 0 Å². The van der Waals surface area contributed by atoms with Crippen LogP contribution in [0.4, 0.5) is 0 Å².